The van der Waals surface area contributed by atoms with E-state index in [4.69, 9.17) is 0 Å². The van der Waals surface area contributed by atoms with Crippen LogP contribution in [-0.4, -0.2) is 17.9 Å². The van der Waals surface area contributed by atoms with Crippen LogP contribution in [0.1, 0.15) is 17.0 Å². The summed E-state index contributed by atoms with van der Waals surface area (Å²) in [4.78, 5) is 2.49. The Morgan fingerprint density at radius 2 is 1.32 bits per heavy atom. The topological polar surface area (TPSA) is 21.1 Å². The molecule has 3 aliphatic rings. The molecular formula is C34H27N3Si. The normalized spacial score (nSPS) is 19.6. The summed E-state index contributed by atoms with van der Waals surface area (Å²) in [5, 5.41) is 8.97. The van der Waals surface area contributed by atoms with Crippen molar-refractivity contribution in [2.24, 2.45) is 0 Å². The highest BCUT2D eigenvalue weighted by atomic mass is 28.3. The second-order valence-corrected chi connectivity index (χ2v) is 14.4. The molecule has 0 radical (unpaired) electrons. The molecule has 0 saturated heterocycles. The van der Waals surface area contributed by atoms with E-state index in [1.807, 2.05) is 23.1 Å². The van der Waals surface area contributed by atoms with Gasteiger partial charge < -0.3 is 4.90 Å². The van der Waals surface area contributed by atoms with Crippen LogP contribution in [0.3, 0.4) is 0 Å². The molecule has 1 spiro atoms. The van der Waals surface area contributed by atoms with E-state index < -0.39 is 8.07 Å². The van der Waals surface area contributed by atoms with E-state index in [1.54, 1.807) is 5.19 Å². The number of para-hydroxylation sites is 2. The molecular weight excluding hydrogens is 478 g/mol. The van der Waals surface area contributed by atoms with Crippen molar-refractivity contribution in [2.75, 3.05) is 4.90 Å². The summed E-state index contributed by atoms with van der Waals surface area (Å²) in [5.74, 6) is 0.428. The number of hydrogen-bond donors (Lipinski definition) is 0. The van der Waals surface area contributed by atoms with Gasteiger partial charge in [-0.25, -0.2) is 0 Å². The highest BCUT2D eigenvalue weighted by Gasteiger charge is 2.58. The molecule has 2 unspecified atom stereocenters. The molecule has 0 amide bonds. The molecule has 3 heterocycles. The van der Waals surface area contributed by atoms with Crippen LogP contribution < -0.4 is 20.5 Å². The van der Waals surface area contributed by atoms with Crippen molar-refractivity contribution < 1.29 is 0 Å². The maximum Gasteiger partial charge on any atom is 0.161 e. The molecule has 1 aromatic heterocycles. The first-order valence-electron chi connectivity index (χ1n) is 13.4. The summed E-state index contributed by atoms with van der Waals surface area (Å²) in [6.07, 6.45) is 13.3. The first-order valence-corrected chi connectivity index (χ1v) is 15.4. The Kier molecular flexibility index (Phi) is 4.73. The number of allylic oxidation sites excluding steroid dienone is 4. The van der Waals surface area contributed by atoms with Gasteiger partial charge in [-0.1, -0.05) is 97.1 Å². The Labute approximate surface area is 224 Å². The fourth-order valence-corrected chi connectivity index (χ4v) is 13.3. The van der Waals surface area contributed by atoms with Gasteiger partial charge in [-0.2, -0.15) is 5.10 Å². The summed E-state index contributed by atoms with van der Waals surface area (Å²) in [5.41, 5.74) is 7.04. The van der Waals surface area contributed by atoms with E-state index in [9.17, 15) is 0 Å². The van der Waals surface area contributed by atoms with Gasteiger partial charge >= 0.3 is 0 Å². The van der Waals surface area contributed by atoms with Gasteiger partial charge in [0.05, 0.1) is 6.54 Å². The number of hydrogen-bond acceptors (Lipinski definition) is 2. The van der Waals surface area contributed by atoms with E-state index in [0.717, 1.165) is 6.54 Å². The van der Waals surface area contributed by atoms with Gasteiger partial charge in [0.15, 0.2) is 8.07 Å². The molecule has 4 aromatic carbocycles. The fraction of sp³-hybridized carbons (Fsp3) is 0.0882. The molecule has 182 valence electrons. The number of fused-ring (bicyclic) bond motifs is 9. The van der Waals surface area contributed by atoms with Crippen molar-refractivity contribution in [3.63, 3.8) is 0 Å². The summed E-state index contributed by atoms with van der Waals surface area (Å²) < 4.78 is 1.97. The van der Waals surface area contributed by atoms with E-state index >= 15 is 0 Å². The monoisotopic (exact) mass is 505 g/mol. The van der Waals surface area contributed by atoms with Crippen LogP contribution >= 0.6 is 0 Å². The Morgan fingerprint density at radius 3 is 2.03 bits per heavy atom. The van der Waals surface area contributed by atoms with Crippen LogP contribution in [0.25, 0.3) is 0 Å². The lowest BCUT2D eigenvalue weighted by atomic mass is 9.93. The average Bonchev–Trinajstić information content (AvgIpc) is 3.60. The Hall–Kier alpha value is -4.41. The van der Waals surface area contributed by atoms with Crippen LogP contribution in [0, 0.1) is 0 Å². The van der Waals surface area contributed by atoms with Crippen molar-refractivity contribution in [3.8, 4) is 0 Å². The van der Waals surface area contributed by atoms with Crippen molar-refractivity contribution in [3.05, 3.63) is 151 Å². The van der Waals surface area contributed by atoms with Crippen molar-refractivity contribution in [1.82, 2.24) is 9.78 Å². The molecule has 2 aliphatic heterocycles. The van der Waals surface area contributed by atoms with Crippen molar-refractivity contribution in [1.29, 1.82) is 0 Å². The van der Waals surface area contributed by atoms with Crippen LogP contribution in [0.4, 0.5) is 17.1 Å². The summed E-state index contributed by atoms with van der Waals surface area (Å²) >= 11 is 0. The predicted octanol–water partition coefficient (Wildman–Crippen LogP) is 5.78. The van der Waals surface area contributed by atoms with Crippen LogP contribution in [0.2, 0.25) is 5.54 Å². The van der Waals surface area contributed by atoms with E-state index in [0.29, 0.717) is 11.5 Å². The third-order valence-corrected chi connectivity index (χ3v) is 14.0. The fourth-order valence-electron chi connectivity index (χ4n) is 7.18. The number of aromatic nitrogens is 2. The number of anilines is 3. The first-order chi connectivity index (χ1) is 18.9. The van der Waals surface area contributed by atoms with Gasteiger partial charge in [-0.3, -0.25) is 4.68 Å². The van der Waals surface area contributed by atoms with Crippen molar-refractivity contribution in [2.45, 2.75) is 18.0 Å². The molecule has 0 N–H and O–H groups in total. The minimum atomic E-state index is -2.36. The van der Waals surface area contributed by atoms with Gasteiger partial charge in [-0.05, 0) is 62.6 Å². The molecule has 3 nitrogen and oxygen atoms in total. The molecule has 4 heteroatoms. The quantitative estimate of drug-likeness (QED) is 0.290. The average molecular weight is 506 g/mol. The second-order valence-electron chi connectivity index (χ2n) is 10.5. The number of nitrogens with zero attached hydrogens (tertiary/aromatic N) is 3. The molecule has 2 atom stereocenters. The van der Waals surface area contributed by atoms with Crippen LogP contribution in [-0.2, 0) is 6.54 Å². The summed E-state index contributed by atoms with van der Waals surface area (Å²) in [6.45, 7) is 0.774. The summed E-state index contributed by atoms with van der Waals surface area (Å²) in [7, 11) is -2.36. The lowest BCUT2D eigenvalue weighted by molar-refractivity contribution is 0.687. The second kappa shape index (κ2) is 8.30. The smallest absolute Gasteiger partial charge is 0.161 e. The van der Waals surface area contributed by atoms with Gasteiger partial charge in [0.2, 0.25) is 0 Å². The third-order valence-electron chi connectivity index (χ3n) is 8.62. The minimum absolute atomic E-state index is 0.428. The standard InChI is InChI=1S/C34H27N3Si/c1-5-14-31-27(10-1)28-11-2-6-15-32(28)38(31)33-16-7-3-12-29(33)37(30-13-4-8-17-34(30)38)26-20-18-25(19-21-26)24-36-23-9-22-35-36/h1-23,27,31H,24H2. The maximum absolute atomic E-state index is 4.38. The number of benzene rings is 4. The highest BCUT2D eigenvalue weighted by Crippen LogP contribution is 2.51. The highest BCUT2D eigenvalue weighted by molar-refractivity contribution is 7.15. The van der Waals surface area contributed by atoms with Crippen LogP contribution in [0.5, 0.6) is 0 Å². The minimum Gasteiger partial charge on any atom is -0.311 e. The lowest BCUT2D eigenvalue weighted by Crippen LogP contribution is -2.70. The van der Waals surface area contributed by atoms with Crippen molar-refractivity contribution >= 4 is 40.7 Å². The largest absolute Gasteiger partial charge is 0.311 e. The lowest BCUT2D eigenvalue weighted by Gasteiger charge is -2.46. The molecule has 8 rings (SSSR count). The van der Waals surface area contributed by atoms with Crippen LogP contribution in [0.15, 0.2) is 140 Å². The number of rotatable bonds is 3. The molecule has 0 saturated carbocycles. The zero-order valence-electron chi connectivity index (χ0n) is 21.0. The molecule has 0 fully saturated rings. The van der Waals surface area contributed by atoms with E-state index in [-0.39, 0.29) is 0 Å². The summed E-state index contributed by atoms with van der Waals surface area (Å²) in [6, 6.07) is 38.6. The SMILES string of the molecule is C1=CC2c3ccccc3[Si]3(c4ccccc4N(c4ccc(Cn5cccn5)cc4)c4ccccc43)C2C=C1. The Balaban J connectivity index is 1.35. The van der Waals surface area contributed by atoms with E-state index in [1.165, 1.54) is 38.6 Å². The molecule has 5 aromatic rings. The zero-order chi connectivity index (χ0) is 25.1. The molecule has 0 bridgehead atoms. The third kappa shape index (κ3) is 2.92. The van der Waals surface area contributed by atoms with E-state index in [2.05, 4.69) is 131 Å². The maximum atomic E-state index is 4.38. The van der Waals surface area contributed by atoms with Gasteiger partial charge in [-0.15, -0.1) is 0 Å². The Morgan fingerprint density at radius 1 is 0.658 bits per heavy atom. The van der Waals surface area contributed by atoms with Gasteiger partial charge in [0.25, 0.3) is 0 Å². The first kappa shape index (κ1) is 21.7. The predicted molar refractivity (Wildman–Crippen MR) is 158 cm³/mol. The molecule has 38 heavy (non-hydrogen) atoms. The zero-order valence-corrected chi connectivity index (χ0v) is 22.0. The molecule has 1 aliphatic carbocycles. The van der Waals surface area contributed by atoms with Gasteiger partial charge in [0.1, 0.15) is 0 Å². The Bertz CT molecular complexity index is 1670. The van der Waals surface area contributed by atoms with Gasteiger partial charge in [0, 0.05) is 35.4 Å².